The van der Waals surface area contributed by atoms with Crippen LogP contribution in [0.2, 0.25) is 0 Å². The number of ether oxygens (including phenoxy) is 3. The Labute approximate surface area is 165 Å². The van der Waals surface area contributed by atoms with Crippen LogP contribution >= 0.6 is 0 Å². The summed E-state index contributed by atoms with van der Waals surface area (Å²) >= 11 is 0. The Morgan fingerprint density at radius 1 is 1.24 bits per heavy atom. The minimum Gasteiger partial charge on any atom is -0.493 e. The lowest BCUT2D eigenvalue weighted by atomic mass is 10.1. The van der Waals surface area contributed by atoms with Crippen LogP contribution in [0.15, 0.2) is 36.4 Å². The molecule has 0 spiro atoms. The molecule has 0 aliphatic rings. The van der Waals surface area contributed by atoms with Crippen molar-refractivity contribution in [3.63, 3.8) is 0 Å². The predicted octanol–water partition coefficient (Wildman–Crippen LogP) is 2.67. The van der Waals surface area contributed by atoms with E-state index in [4.69, 9.17) is 19.5 Å². The molecule has 0 heterocycles. The maximum absolute atomic E-state index is 12.3. The highest BCUT2D eigenvalue weighted by Gasteiger charge is 2.26. The largest absolute Gasteiger partial charge is 0.493 e. The van der Waals surface area contributed by atoms with Gasteiger partial charge in [0, 0.05) is 11.8 Å². The van der Waals surface area contributed by atoms with Crippen LogP contribution in [0.5, 0.6) is 11.5 Å². The van der Waals surface area contributed by atoms with E-state index in [-0.39, 0.29) is 23.7 Å². The molecule has 0 aromatic heterocycles. The number of nitro groups is 1. The molecule has 10 nitrogen and oxygen atoms in total. The molecule has 150 valence electrons. The average molecular weight is 399 g/mol. The van der Waals surface area contributed by atoms with Gasteiger partial charge in [-0.05, 0) is 25.1 Å². The minimum absolute atomic E-state index is 0.105. The van der Waals surface area contributed by atoms with E-state index in [1.54, 1.807) is 25.1 Å². The number of esters is 1. The van der Waals surface area contributed by atoms with E-state index in [2.05, 4.69) is 5.32 Å². The van der Waals surface area contributed by atoms with Gasteiger partial charge in [-0.2, -0.15) is 5.26 Å². The van der Waals surface area contributed by atoms with Crippen molar-refractivity contribution in [2.75, 3.05) is 25.6 Å². The number of nitrogens with one attached hydrogen (secondary N) is 1. The highest BCUT2D eigenvalue weighted by atomic mass is 16.6. The minimum atomic E-state index is -1.07. The molecule has 0 radical (unpaired) electrons. The van der Waals surface area contributed by atoms with E-state index >= 15 is 0 Å². The van der Waals surface area contributed by atoms with Crippen LogP contribution in [-0.4, -0.2) is 37.1 Å². The zero-order chi connectivity index (χ0) is 21.4. The average Bonchev–Trinajstić information content (AvgIpc) is 2.71. The molecule has 1 amide bonds. The Hall–Kier alpha value is -4.13. The summed E-state index contributed by atoms with van der Waals surface area (Å²) in [5.74, 6) is -1.52. The first-order valence-electron chi connectivity index (χ1n) is 8.36. The third kappa shape index (κ3) is 5.43. The third-order valence-electron chi connectivity index (χ3n) is 3.61. The molecule has 2 rings (SSSR count). The number of hydrogen-bond acceptors (Lipinski definition) is 8. The first-order valence-corrected chi connectivity index (χ1v) is 8.36. The third-order valence-corrected chi connectivity index (χ3v) is 3.61. The van der Waals surface area contributed by atoms with Crippen molar-refractivity contribution in [1.29, 1.82) is 5.26 Å². The van der Waals surface area contributed by atoms with Gasteiger partial charge in [-0.3, -0.25) is 14.9 Å². The Kier molecular flexibility index (Phi) is 7.08. The highest BCUT2D eigenvalue weighted by Crippen LogP contribution is 2.35. The molecule has 0 atom stereocenters. The fourth-order valence-electron chi connectivity index (χ4n) is 2.36. The fraction of sp³-hybridized carbons (Fsp3) is 0.211. The summed E-state index contributed by atoms with van der Waals surface area (Å²) in [7, 11) is 1.32. The van der Waals surface area contributed by atoms with Gasteiger partial charge in [0.25, 0.3) is 11.6 Å². The van der Waals surface area contributed by atoms with Crippen LogP contribution in [0.3, 0.4) is 0 Å². The molecule has 0 bridgehead atoms. The smallest absolute Gasteiger partial charge is 0.345 e. The number of rotatable bonds is 8. The first kappa shape index (κ1) is 21.2. The van der Waals surface area contributed by atoms with Crippen molar-refractivity contribution in [1.82, 2.24) is 0 Å². The molecule has 2 aromatic rings. The zero-order valence-electron chi connectivity index (χ0n) is 15.6. The summed E-state index contributed by atoms with van der Waals surface area (Å²) in [6, 6.07) is 10.3. The fourth-order valence-corrected chi connectivity index (χ4v) is 2.36. The summed E-state index contributed by atoms with van der Waals surface area (Å²) in [6.45, 7) is 1.26. The molecule has 0 unspecified atom stereocenters. The van der Waals surface area contributed by atoms with Crippen molar-refractivity contribution in [3.8, 4) is 17.6 Å². The molecule has 29 heavy (non-hydrogen) atoms. The molecule has 0 fully saturated rings. The maximum atomic E-state index is 12.3. The summed E-state index contributed by atoms with van der Waals surface area (Å²) in [5.41, 5.74) is -0.230. The number of anilines is 1. The number of benzene rings is 2. The number of amides is 1. The Balaban J connectivity index is 2.14. The Morgan fingerprint density at radius 2 is 2.00 bits per heavy atom. The van der Waals surface area contributed by atoms with Crippen molar-refractivity contribution in [2.45, 2.75) is 6.92 Å². The standard InChI is InChI=1S/C19H17N3O7/c1-3-28-17-9-15(22(25)26)14(8-16(17)27-2)19(24)29-11-18(23)21-13-6-4-5-12(7-13)10-20/h4-9H,3,11H2,1-2H3,(H,21,23). The number of nitrogens with zero attached hydrogens (tertiary/aromatic N) is 2. The van der Waals surface area contributed by atoms with E-state index in [9.17, 15) is 19.7 Å². The van der Waals surface area contributed by atoms with E-state index in [1.165, 1.54) is 13.2 Å². The molecular weight excluding hydrogens is 382 g/mol. The molecule has 0 aliphatic carbocycles. The van der Waals surface area contributed by atoms with Crippen molar-refractivity contribution in [2.24, 2.45) is 0 Å². The number of nitriles is 1. The SMILES string of the molecule is CCOc1cc([N+](=O)[O-])c(C(=O)OCC(=O)Nc2cccc(C#N)c2)cc1OC. The highest BCUT2D eigenvalue weighted by molar-refractivity contribution is 5.98. The molecule has 10 heteroatoms. The van der Waals surface area contributed by atoms with Crippen LogP contribution in [0, 0.1) is 21.4 Å². The topological polar surface area (TPSA) is 141 Å². The van der Waals surface area contributed by atoms with Gasteiger partial charge < -0.3 is 19.5 Å². The van der Waals surface area contributed by atoms with E-state index < -0.39 is 29.1 Å². The number of carbonyl (C=O) groups excluding carboxylic acids is 2. The van der Waals surface area contributed by atoms with Gasteiger partial charge >= 0.3 is 5.97 Å². The number of hydrogen-bond donors (Lipinski definition) is 1. The van der Waals surface area contributed by atoms with Gasteiger partial charge in [0.05, 0.1) is 36.3 Å². The molecule has 0 aliphatic heterocycles. The van der Waals surface area contributed by atoms with Crippen LogP contribution in [-0.2, 0) is 9.53 Å². The molecular formula is C19H17N3O7. The van der Waals surface area contributed by atoms with E-state index in [1.807, 2.05) is 6.07 Å². The van der Waals surface area contributed by atoms with Gasteiger partial charge in [0.15, 0.2) is 18.1 Å². The summed E-state index contributed by atoms with van der Waals surface area (Å²) in [6.07, 6.45) is 0. The van der Waals surface area contributed by atoms with Crippen LogP contribution in [0.1, 0.15) is 22.8 Å². The van der Waals surface area contributed by atoms with Crippen LogP contribution < -0.4 is 14.8 Å². The van der Waals surface area contributed by atoms with Crippen molar-refractivity contribution >= 4 is 23.3 Å². The van der Waals surface area contributed by atoms with Crippen LogP contribution in [0.25, 0.3) is 0 Å². The second kappa shape index (κ2) is 9.70. The monoisotopic (exact) mass is 399 g/mol. The van der Waals surface area contributed by atoms with Gasteiger partial charge in [-0.1, -0.05) is 6.07 Å². The van der Waals surface area contributed by atoms with E-state index in [0.717, 1.165) is 12.1 Å². The number of carbonyl (C=O) groups is 2. The number of methoxy groups -OCH3 is 1. The summed E-state index contributed by atoms with van der Waals surface area (Å²) in [4.78, 5) is 34.9. The van der Waals surface area contributed by atoms with Gasteiger partial charge in [0.2, 0.25) is 0 Å². The predicted molar refractivity (Wildman–Crippen MR) is 101 cm³/mol. The van der Waals surface area contributed by atoms with Gasteiger partial charge in [0.1, 0.15) is 5.56 Å². The molecule has 2 aromatic carbocycles. The lowest BCUT2D eigenvalue weighted by Gasteiger charge is -2.11. The second-order valence-electron chi connectivity index (χ2n) is 5.53. The first-order chi connectivity index (χ1) is 13.9. The lowest BCUT2D eigenvalue weighted by molar-refractivity contribution is -0.385. The summed E-state index contributed by atoms with van der Waals surface area (Å²) < 4.78 is 15.2. The molecule has 0 saturated carbocycles. The Bertz CT molecular complexity index is 982. The van der Waals surface area contributed by atoms with Crippen LogP contribution in [0.4, 0.5) is 11.4 Å². The molecule has 0 saturated heterocycles. The molecule has 1 N–H and O–H groups in total. The van der Waals surface area contributed by atoms with Crippen molar-refractivity contribution in [3.05, 3.63) is 57.6 Å². The van der Waals surface area contributed by atoms with Gasteiger partial charge in [-0.15, -0.1) is 0 Å². The normalized spacial score (nSPS) is 9.83. The summed E-state index contributed by atoms with van der Waals surface area (Å²) in [5, 5.41) is 22.6. The second-order valence-corrected chi connectivity index (χ2v) is 5.53. The zero-order valence-corrected chi connectivity index (χ0v) is 15.6. The van der Waals surface area contributed by atoms with Gasteiger partial charge in [-0.25, -0.2) is 4.79 Å². The van der Waals surface area contributed by atoms with Crippen molar-refractivity contribution < 1.29 is 28.7 Å². The number of nitro benzene ring substituents is 1. The Morgan fingerprint density at radius 3 is 2.62 bits per heavy atom. The quantitative estimate of drug-likeness (QED) is 0.406. The maximum Gasteiger partial charge on any atom is 0.345 e. The van der Waals surface area contributed by atoms with E-state index in [0.29, 0.717) is 11.3 Å². The lowest BCUT2D eigenvalue weighted by Crippen LogP contribution is -2.21.